The maximum Gasteiger partial charge on any atom is 0.338 e. The summed E-state index contributed by atoms with van der Waals surface area (Å²) in [5.74, 6) is 0.508. The number of ether oxygens (including phenoxy) is 1. The number of pyridine rings is 1. The van der Waals surface area contributed by atoms with E-state index in [1.54, 1.807) is 6.20 Å². The number of hydrogen-bond donors (Lipinski definition) is 1. The zero-order valence-electron chi connectivity index (χ0n) is 13.6. The van der Waals surface area contributed by atoms with Crippen LogP contribution in [0.15, 0.2) is 54.9 Å². The van der Waals surface area contributed by atoms with Crippen molar-refractivity contribution in [3.05, 3.63) is 71.6 Å². The molecule has 4 nitrogen and oxygen atoms in total. The van der Waals surface area contributed by atoms with Gasteiger partial charge < -0.3 is 10.1 Å². The molecule has 2 aromatic rings. The molecule has 4 rings (SSSR count). The number of nitrogens with one attached hydrogen (secondary N) is 1. The van der Waals surface area contributed by atoms with Crippen molar-refractivity contribution in [1.82, 2.24) is 4.98 Å². The minimum absolute atomic E-state index is 0.236. The van der Waals surface area contributed by atoms with Crippen molar-refractivity contribution in [1.29, 1.82) is 0 Å². The van der Waals surface area contributed by atoms with Crippen LogP contribution >= 0.6 is 0 Å². The Kier molecular flexibility index (Phi) is 3.81. The van der Waals surface area contributed by atoms with E-state index in [0.29, 0.717) is 24.0 Å². The molecule has 0 radical (unpaired) electrons. The molecule has 2 heterocycles. The molecule has 24 heavy (non-hydrogen) atoms. The van der Waals surface area contributed by atoms with Gasteiger partial charge in [-0.3, -0.25) is 4.98 Å². The Morgan fingerprint density at radius 2 is 2.29 bits per heavy atom. The van der Waals surface area contributed by atoms with E-state index in [-0.39, 0.29) is 12.0 Å². The van der Waals surface area contributed by atoms with E-state index in [9.17, 15) is 4.79 Å². The third kappa shape index (κ3) is 2.48. The van der Waals surface area contributed by atoms with Gasteiger partial charge in [-0.1, -0.05) is 18.2 Å². The van der Waals surface area contributed by atoms with Crippen molar-refractivity contribution < 1.29 is 9.53 Å². The van der Waals surface area contributed by atoms with E-state index in [4.69, 9.17) is 4.74 Å². The molecule has 0 saturated carbocycles. The molecular weight excluding hydrogens is 300 g/mol. The second-order valence-corrected chi connectivity index (χ2v) is 6.28. The summed E-state index contributed by atoms with van der Waals surface area (Å²) in [5.41, 5.74) is 4.09. The Morgan fingerprint density at radius 3 is 3.08 bits per heavy atom. The highest BCUT2D eigenvalue weighted by atomic mass is 16.5. The van der Waals surface area contributed by atoms with Crippen LogP contribution in [0.1, 0.15) is 46.8 Å². The number of hydrogen-bond acceptors (Lipinski definition) is 4. The van der Waals surface area contributed by atoms with Crippen molar-refractivity contribution in [2.75, 3.05) is 11.9 Å². The first kappa shape index (κ1) is 14.9. The Bertz CT molecular complexity index is 785. The maximum absolute atomic E-state index is 12.0. The Hall–Kier alpha value is -2.62. The van der Waals surface area contributed by atoms with Crippen LogP contribution in [0.4, 0.5) is 5.69 Å². The second kappa shape index (κ2) is 6.11. The molecule has 1 aliphatic heterocycles. The van der Waals surface area contributed by atoms with Gasteiger partial charge in [0.15, 0.2) is 0 Å². The molecule has 1 N–H and O–H groups in total. The van der Waals surface area contributed by atoms with Crippen molar-refractivity contribution in [3.8, 4) is 0 Å². The fourth-order valence-corrected chi connectivity index (χ4v) is 3.83. The monoisotopic (exact) mass is 320 g/mol. The molecule has 3 atom stereocenters. The number of aromatic nitrogens is 1. The van der Waals surface area contributed by atoms with Crippen molar-refractivity contribution in [3.63, 3.8) is 0 Å². The number of fused-ring (bicyclic) bond motifs is 3. The van der Waals surface area contributed by atoms with E-state index >= 15 is 0 Å². The van der Waals surface area contributed by atoms with Gasteiger partial charge in [-0.15, -0.1) is 0 Å². The Labute approximate surface area is 141 Å². The first-order chi connectivity index (χ1) is 11.8. The largest absolute Gasteiger partial charge is 0.462 e. The highest BCUT2D eigenvalue weighted by molar-refractivity contribution is 5.90. The lowest BCUT2D eigenvalue weighted by Gasteiger charge is -2.37. The lowest BCUT2D eigenvalue weighted by Crippen LogP contribution is -2.29. The van der Waals surface area contributed by atoms with Crippen LogP contribution in [0.2, 0.25) is 0 Å². The van der Waals surface area contributed by atoms with Gasteiger partial charge in [0, 0.05) is 24.0 Å². The van der Waals surface area contributed by atoms with Crippen LogP contribution in [0.25, 0.3) is 0 Å². The number of carbonyl (C=O) groups excluding carboxylic acids is 1. The average Bonchev–Trinajstić information content (AvgIpc) is 3.11. The summed E-state index contributed by atoms with van der Waals surface area (Å²) in [5, 5.41) is 3.65. The predicted molar refractivity (Wildman–Crippen MR) is 93.0 cm³/mol. The van der Waals surface area contributed by atoms with E-state index in [1.165, 1.54) is 11.1 Å². The zero-order chi connectivity index (χ0) is 16.5. The topological polar surface area (TPSA) is 51.2 Å². The van der Waals surface area contributed by atoms with Crippen molar-refractivity contribution in [2.24, 2.45) is 5.92 Å². The van der Waals surface area contributed by atoms with Gasteiger partial charge in [-0.2, -0.15) is 0 Å². The maximum atomic E-state index is 12.0. The fourth-order valence-electron chi connectivity index (χ4n) is 3.83. The van der Waals surface area contributed by atoms with Crippen LogP contribution in [0.5, 0.6) is 0 Å². The average molecular weight is 320 g/mol. The predicted octanol–water partition coefficient (Wildman–Crippen LogP) is 4.08. The summed E-state index contributed by atoms with van der Waals surface area (Å²) >= 11 is 0. The van der Waals surface area contributed by atoms with Crippen LogP contribution in [-0.2, 0) is 4.74 Å². The van der Waals surface area contributed by atoms with Gasteiger partial charge in [-0.25, -0.2) is 4.79 Å². The molecule has 0 fully saturated rings. The van der Waals surface area contributed by atoms with Crippen LogP contribution in [-0.4, -0.2) is 17.6 Å². The molecule has 1 aromatic carbocycles. The van der Waals surface area contributed by atoms with Gasteiger partial charge in [0.25, 0.3) is 0 Å². The highest BCUT2D eigenvalue weighted by Crippen LogP contribution is 2.49. The second-order valence-electron chi connectivity index (χ2n) is 6.28. The van der Waals surface area contributed by atoms with Crippen LogP contribution < -0.4 is 5.32 Å². The number of carbonyl (C=O) groups is 1. The molecule has 2 aliphatic rings. The number of rotatable bonds is 3. The minimum Gasteiger partial charge on any atom is -0.462 e. The molecule has 0 bridgehead atoms. The standard InChI is InChI=1S/C20H20N2O2/c1-2-24-20(23)13-8-9-18-17(11-13)15-6-3-7-16(15)19(22-18)14-5-4-10-21-12-14/h3-6,8-12,15-16,19,22H,2,7H2,1H3. The molecular formula is C20H20N2O2. The number of benzene rings is 1. The smallest absolute Gasteiger partial charge is 0.338 e. The fraction of sp³-hybridized carbons (Fsp3) is 0.300. The number of nitrogens with zero attached hydrogens (tertiary/aromatic N) is 1. The van der Waals surface area contributed by atoms with Crippen molar-refractivity contribution in [2.45, 2.75) is 25.3 Å². The van der Waals surface area contributed by atoms with Crippen LogP contribution in [0, 0.1) is 5.92 Å². The van der Waals surface area contributed by atoms with Gasteiger partial charge >= 0.3 is 5.97 Å². The molecule has 3 unspecified atom stereocenters. The van der Waals surface area contributed by atoms with Gasteiger partial charge in [0.1, 0.15) is 0 Å². The van der Waals surface area contributed by atoms with E-state index in [1.807, 2.05) is 37.4 Å². The summed E-state index contributed by atoms with van der Waals surface area (Å²) in [6.45, 7) is 2.22. The minimum atomic E-state index is -0.256. The molecule has 122 valence electrons. The Balaban J connectivity index is 1.72. The van der Waals surface area contributed by atoms with Gasteiger partial charge in [0.2, 0.25) is 0 Å². The summed E-state index contributed by atoms with van der Waals surface area (Å²) in [7, 11) is 0. The molecule has 1 aromatic heterocycles. The van der Waals surface area contributed by atoms with Crippen molar-refractivity contribution >= 4 is 11.7 Å². The number of esters is 1. The lowest BCUT2D eigenvalue weighted by molar-refractivity contribution is 0.0526. The quantitative estimate of drug-likeness (QED) is 0.684. The third-order valence-corrected chi connectivity index (χ3v) is 4.92. The molecule has 0 amide bonds. The molecule has 4 heteroatoms. The zero-order valence-corrected chi connectivity index (χ0v) is 13.6. The van der Waals surface area contributed by atoms with E-state index < -0.39 is 0 Å². The molecule has 1 aliphatic carbocycles. The summed E-state index contributed by atoms with van der Waals surface area (Å²) in [4.78, 5) is 16.3. The third-order valence-electron chi connectivity index (χ3n) is 4.92. The molecule has 0 saturated heterocycles. The SMILES string of the molecule is CCOC(=O)c1ccc2c(c1)C1C=CCC1C(c1cccnc1)N2. The van der Waals surface area contributed by atoms with Gasteiger partial charge in [0.05, 0.1) is 18.2 Å². The first-order valence-electron chi connectivity index (χ1n) is 8.42. The van der Waals surface area contributed by atoms with Gasteiger partial charge in [-0.05, 0) is 54.7 Å². The number of anilines is 1. The normalized spacial score (nSPS) is 24.0. The summed E-state index contributed by atoms with van der Waals surface area (Å²) in [6.07, 6.45) is 9.27. The summed E-state index contributed by atoms with van der Waals surface area (Å²) < 4.78 is 5.14. The number of allylic oxidation sites excluding steroid dienone is 2. The Morgan fingerprint density at radius 1 is 1.38 bits per heavy atom. The highest BCUT2D eigenvalue weighted by Gasteiger charge is 2.38. The lowest BCUT2D eigenvalue weighted by atomic mass is 9.77. The van der Waals surface area contributed by atoms with E-state index in [0.717, 1.165) is 12.1 Å². The molecule has 0 spiro atoms. The summed E-state index contributed by atoms with van der Waals surface area (Å²) in [6, 6.07) is 10.1. The first-order valence-corrected chi connectivity index (χ1v) is 8.42. The van der Waals surface area contributed by atoms with Crippen LogP contribution in [0.3, 0.4) is 0 Å². The van der Waals surface area contributed by atoms with E-state index in [2.05, 4.69) is 28.5 Å².